The summed E-state index contributed by atoms with van der Waals surface area (Å²) < 4.78 is 0. The van der Waals surface area contributed by atoms with Gasteiger partial charge in [0, 0.05) is 29.2 Å². The minimum absolute atomic E-state index is 0.206. The number of amides is 1. The maximum atomic E-state index is 12.2. The van der Waals surface area contributed by atoms with Gasteiger partial charge in [0.25, 0.3) is 5.91 Å². The summed E-state index contributed by atoms with van der Waals surface area (Å²) in [6, 6.07) is 9.63. The van der Waals surface area contributed by atoms with E-state index in [-0.39, 0.29) is 5.91 Å². The van der Waals surface area contributed by atoms with Gasteiger partial charge in [-0.2, -0.15) is 11.8 Å². The molecule has 3 heteroatoms. The van der Waals surface area contributed by atoms with Crippen molar-refractivity contribution in [2.75, 3.05) is 13.1 Å². The van der Waals surface area contributed by atoms with Crippen LogP contribution >= 0.6 is 11.8 Å². The first-order valence-corrected chi connectivity index (χ1v) is 6.77. The van der Waals surface area contributed by atoms with E-state index >= 15 is 0 Å². The van der Waals surface area contributed by atoms with Crippen molar-refractivity contribution in [2.45, 2.75) is 23.3 Å². The molecule has 0 aliphatic carbocycles. The largest absolute Gasteiger partial charge is 0.336 e. The molecule has 0 aromatic heterocycles. The fourth-order valence-corrected chi connectivity index (χ4v) is 4.16. The number of carbonyl (C=O) groups is 1. The average molecular weight is 233 g/mol. The zero-order valence-corrected chi connectivity index (χ0v) is 9.95. The highest BCUT2D eigenvalue weighted by Gasteiger charge is 2.35. The van der Waals surface area contributed by atoms with E-state index in [1.165, 1.54) is 12.8 Å². The van der Waals surface area contributed by atoms with Crippen LogP contribution in [0.2, 0.25) is 0 Å². The van der Waals surface area contributed by atoms with Gasteiger partial charge in [-0.1, -0.05) is 18.2 Å². The number of thioether (sulfide) groups is 1. The van der Waals surface area contributed by atoms with Gasteiger partial charge >= 0.3 is 0 Å². The number of fused-ring (bicyclic) bond motifs is 2. The third-order valence-corrected chi connectivity index (χ3v) is 4.89. The van der Waals surface area contributed by atoms with Gasteiger partial charge in [0.15, 0.2) is 0 Å². The summed E-state index contributed by atoms with van der Waals surface area (Å²) in [5.41, 5.74) is 0.828. The summed E-state index contributed by atoms with van der Waals surface area (Å²) in [5, 5.41) is 1.37. The van der Waals surface area contributed by atoms with Crippen molar-refractivity contribution in [3.8, 4) is 0 Å². The molecule has 0 spiro atoms. The van der Waals surface area contributed by atoms with Gasteiger partial charge in [0.2, 0.25) is 0 Å². The predicted octanol–water partition coefficient (Wildman–Crippen LogP) is 2.41. The Morgan fingerprint density at radius 1 is 1.12 bits per heavy atom. The molecule has 0 unspecified atom stereocenters. The third kappa shape index (κ3) is 1.84. The molecule has 2 atom stereocenters. The number of likely N-dealkylation sites (tertiary alicyclic amines) is 1. The molecule has 1 amide bonds. The Morgan fingerprint density at radius 3 is 2.38 bits per heavy atom. The smallest absolute Gasteiger partial charge is 0.253 e. The molecule has 3 rings (SSSR count). The van der Waals surface area contributed by atoms with Gasteiger partial charge < -0.3 is 4.90 Å². The van der Waals surface area contributed by atoms with Gasteiger partial charge in [-0.05, 0) is 25.0 Å². The number of rotatable bonds is 1. The normalized spacial score (nSPS) is 28.1. The van der Waals surface area contributed by atoms with Crippen LogP contribution in [0.1, 0.15) is 23.2 Å². The van der Waals surface area contributed by atoms with Crippen LogP contribution in [-0.2, 0) is 0 Å². The van der Waals surface area contributed by atoms with E-state index in [1.807, 2.05) is 35.2 Å². The molecule has 0 radical (unpaired) electrons. The number of hydrogen-bond acceptors (Lipinski definition) is 2. The number of hydrogen-bond donors (Lipinski definition) is 0. The Morgan fingerprint density at radius 2 is 1.75 bits per heavy atom. The molecular weight excluding hydrogens is 218 g/mol. The Kier molecular flexibility index (Phi) is 2.64. The second kappa shape index (κ2) is 4.13. The van der Waals surface area contributed by atoms with Crippen LogP contribution in [0, 0.1) is 0 Å². The molecule has 2 aliphatic rings. The van der Waals surface area contributed by atoms with E-state index in [4.69, 9.17) is 0 Å². The summed E-state index contributed by atoms with van der Waals surface area (Å²) in [6.07, 6.45) is 2.57. The average Bonchev–Trinajstić information content (AvgIpc) is 2.68. The van der Waals surface area contributed by atoms with Crippen LogP contribution in [0.5, 0.6) is 0 Å². The molecule has 0 N–H and O–H groups in total. The Balaban J connectivity index is 1.76. The van der Waals surface area contributed by atoms with E-state index in [2.05, 4.69) is 11.8 Å². The van der Waals surface area contributed by atoms with Crippen molar-refractivity contribution in [3.63, 3.8) is 0 Å². The van der Waals surface area contributed by atoms with Crippen LogP contribution < -0.4 is 0 Å². The van der Waals surface area contributed by atoms with Crippen molar-refractivity contribution in [2.24, 2.45) is 0 Å². The van der Waals surface area contributed by atoms with Gasteiger partial charge in [0.05, 0.1) is 0 Å². The van der Waals surface area contributed by atoms with Gasteiger partial charge in [-0.3, -0.25) is 4.79 Å². The maximum absolute atomic E-state index is 12.2. The first kappa shape index (κ1) is 10.2. The van der Waals surface area contributed by atoms with Crippen LogP contribution in [-0.4, -0.2) is 34.4 Å². The fraction of sp³-hybridized carbons (Fsp3) is 0.462. The molecule has 16 heavy (non-hydrogen) atoms. The number of carbonyl (C=O) groups excluding carboxylic acids is 1. The number of nitrogens with zero attached hydrogens (tertiary/aromatic N) is 1. The Labute approximate surface area is 100 Å². The SMILES string of the molecule is O=C(c1ccccc1)N1C[C@H]2CC[C@@H](C1)S2. The second-order valence-electron chi connectivity index (χ2n) is 4.53. The summed E-state index contributed by atoms with van der Waals surface area (Å²) in [7, 11) is 0. The minimum atomic E-state index is 0.206. The molecule has 1 aromatic carbocycles. The van der Waals surface area contributed by atoms with Crippen LogP contribution in [0.15, 0.2) is 30.3 Å². The highest BCUT2D eigenvalue weighted by molar-refractivity contribution is 8.00. The monoisotopic (exact) mass is 233 g/mol. The molecule has 2 nitrogen and oxygen atoms in total. The van der Waals surface area contributed by atoms with Crippen molar-refractivity contribution in [1.29, 1.82) is 0 Å². The third-order valence-electron chi connectivity index (χ3n) is 3.35. The van der Waals surface area contributed by atoms with Crippen molar-refractivity contribution in [3.05, 3.63) is 35.9 Å². The Hall–Kier alpha value is -0.960. The van der Waals surface area contributed by atoms with Crippen molar-refractivity contribution >= 4 is 17.7 Å². The zero-order chi connectivity index (χ0) is 11.0. The summed E-state index contributed by atoms with van der Waals surface area (Å²) >= 11 is 2.07. The Bertz CT molecular complexity index is 380. The highest BCUT2D eigenvalue weighted by Crippen LogP contribution is 2.38. The van der Waals surface area contributed by atoms with Crippen LogP contribution in [0.3, 0.4) is 0 Å². The molecular formula is C13H15NOS. The first-order chi connectivity index (χ1) is 7.83. The van der Waals surface area contributed by atoms with E-state index in [0.29, 0.717) is 10.5 Å². The molecule has 84 valence electrons. The molecule has 1 aromatic rings. The summed E-state index contributed by atoms with van der Waals surface area (Å²) in [6.45, 7) is 1.88. The van der Waals surface area contributed by atoms with E-state index < -0.39 is 0 Å². The van der Waals surface area contributed by atoms with Crippen molar-refractivity contribution in [1.82, 2.24) is 4.90 Å². The molecule has 2 fully saturated rings. The van der Waals surface area contributed by atoms with Crippen LogP contribution in [0.25, 0.3) is 0 Å². The van der Waals surface area contributed by atoms with Crippen molar-refractivity contribution < 1.29 is 4.79 Å². The number of benzene rings is 1. The lowest BCUT2D eigenvalue weighted by Gasteiger charge is -2.31. The highest BCUT2D eigenvalue weighted by atomic mass is 32.2. The zero-order valence-electron chi connectivity index (χ0n) is 9.13. The first-order valence-electron chi connectivity index (χ1n) is 5.83. The van der Waals surface area contributed by atoms with Gasteiger partial charge in [-0.25, -0.2) is 0 Å². The standard InChI is InChI=1S/C13H15NOS/c15-13(10-4-2-1-3-5-10)14-8-11-6-7-12(9-14)16-11/h1-5,11-12H,6-9H2/t11-,12+. The molecule has 2 heterocycles. The lowest BCUT2D eigenvalue weighted by atomic mass is 10.2. The lowest BCUT2D eigenvalue weighted by Crippen LogP contribution is -2.42. The fourth-order valence-electron chi connectivity index (χ4n) is 2.54. The summed E-state index contributed by atoms with van der Waals surface area (Å²) in [4.78, 5) is 14.3. The maximum Gasteiger partial charge on any atom is 0.253 e. The van der Waals surface area contributed by atoms with Crippen LogP contribution in [0.4, 0.5) is 0 Å². The topological polar surface area (TPSA) is 20.3 Å². The van der Waals surface area contributed by atoms with Gasteiger partial charge in [-0.15, -0.1) is 0 Å². The van der Waals surface area contributed by atoms with E-state index in [1.54, 1.807) is 0 Å². The predicted molar refractivity (Wildman–Crippen MR) is 66.7 cm³/mol. The molecule has 2 bridgehead atoms. The van der Waals surface area contributed by atoms with Gasteiger partial charge in [0.1, 0.15) is 0 Å². The summed E-state index contributed by atoms with van der Waals surface area (Å²) in [5.74, 6) is 0.206. The second-order valence-corrected chi connectivity index (χ2v) is 6.14. The quantitative estimate of drug-likeness (QED) is 0.742. The molecule has 2 saturated heterocycles. The lowest BCUT2D eigenvalue weighted by molar-refractivity contribution is 0.0759. The van der Waals surface area contributed by atoms with E-state index in [0.717, 1.165) is 18.7 Å². The minimum Gasteiger partial charge on any atom is -0.336 e. The van der Waals surface area contributed by atoms with E-state index in [9.17, 15) is 4.79 Å². The molecule has 2 aliphatic heterocycles. The molecule has 0 saturated carbocycles.